The van der Waals surface area contributed by atoms with Crippen molar-refractivity contribution < 1.29 is 14.8 Å². The Morgan fingerprint density at radius 2 is 1.77 bits per heavy atom. The topological polar surface area (TPSA) is 80.4 Å². The minimum absolute atomic E-state index is 0.0685. The van der Waals surface area contributed by atoms with E-state index in [2.05, 4.69) is 19.9 Å². The summed E-state index contributed by atoms with van der Waals surface area (Å²) in [5.74, 6) is 1.72. The second kappa shape index (κ2) is 7.13. The summed E-state index contributed by atoms with van der Waals surface area (Å²) < 4.78 is 0. The van der Waals surface area contributed by atoms with E-state index < -0.39 is 4.92 Å². The number of allylic oxidation sites excluding steroid dienone is 2. The fraction of sp³-hybridized carbons (Fsp3) is 0.577. The first-order valence-corrected chi connectivity index (χ1v) is 11.6. The van der Waals surface area contributed by atoms with Gasteiger partial charge in [-0.2, -0.15) is 0 Å². The maximum atomic E-state index is 13.5. The van der Waals surface area contributed by atoms with Crippen molar-refractivity contribution in [3.8, 4) is 0 Å². The zero-order chi connectivity index (χ0) is 22.0. The number of non-ortho nitro benzene ring substituents is 1. The summed E-state index contributed by atoms with van der Waals surface area (Å²) in [5, 5.41) is 21.1. The fourth-order valence-electron chi connectivity index (χ4n) is 7.33. The van der Waals surface area contributed by atoms with Gasteiger partial charge in [0.25, 0.3) is 5.69 Å². The number of hydrogen-bond donors (Lipinski definition) is 1. The molecule has 0 heterocycles. The van der Waals surface area contributed by atoms with Crippen LogP contribution in [0.25, 0.3) is 6.08 Å². The van der Waals surface area contributed by atoms with Gasteiger partial charge in [0, 0.05) is 17.5 Å². The third kappa shape index (κ3) is 3.12. The average molecular weight is 422 g/mol. The summed E-state index contributed by atoms with van der Waals surface area (Å²) in [6, 6.07) is 6.47. The van der Waals surface area contributed by atoms with Crippen LogP contribution in [0.2, 0.25) is 0 Å². The van der Waals surface area contributed by atoms with Gasteiger partial charge in [0.05, 0.1) is 11.0 Å². The van der Waals surface area contributed by atoms with Crippen LogP contribution in [0.4, 0.5) is 5.69 Å². The Balaban J connectivity index is 1.44. The second-order valence-electron chi connectivity index (χ2n) is 10.7. The SMILES string of the molecule is C[C@@]12CC[C@H]3[C@@H](CC=C4C[C@H](O)CC[C@@]43C)[C@H]1C/C(=C\c1ccc([N+](=O)[O-])cc1)C2=O. The number of nitrogens with zero attached hydrogens (tertiary/aromatic N) is 1. The lowest BCUT2D eigenvalue weighted by Gasteiger charge is -2.56. The Hall–Kier alpha value is -2.27. The molecule has 164 valence electrons. The molecular weight excluding hydrogens is 390 g/mol. The monoisotopic (exact) mass is 421 g/mol. The Bertz CT molecular complexity index is 993. The summed E-state index contributed by atoms with van der Waals surface area (Å²) >= 11 is 0. The second-order valence-corrected chi connectivity index (χ2v) is 10.7. The van der Waals surface area contributed by atoms with Crippen molar-refractivity contribution in [1.29, 1.82) is 0 Å². The van der Waals surface area contributed by atoms with Crippen molar-refractivity contribution in [2.24, 2.45) is 28.6 Å². The Morgan fingerprint density at radius 1 is 1.06 bits per heavy atom. The normalized spacial score (nSPS) is 40.7. The van der Waals surface area contributed by atoms with Gasteiger partial charge in [-0.05, 0) is 97.5 Å². The van der Waals surface area contributed by atoms with Crippen LogP contribution in [-0.4, -0.2) is 21.9 Å². The molecule has 5 rings (SSSR count). The molecule has 6 atom stereocenters. The molecular formula is C26H31NO4. The van der Waals surface area contributed by atoms with E-state index in [1.165, 1.54) is 17.7 Å². The lowest BCUT2D eigenvalue weighted by atomic mass is 9.48. The van der Waals surface area contributed by atoms with E-state index in [4.69, 9.17) is 0 Å². The summed E-state index contributed by atoms with van der Waals surface area (Å²) in [6.45, 7) is 4.56. The van der Waals surface area contributed by atoms with Crippen LogP contribution in [0.1, 0.15) is 64.4 Å². The third-order valence-electron chi connectivity index (χ3n) is 9.16. The van der Waals surface area contributed by atoms with E-state index >= 15 is 0 Å². The third-order valence-corrected chi connectivity index (χ3v) is 9.16. The van der Waals surface area contributed by atoms with Crippen LogP contribution < -0.4 is 0 Å². The first kappa shape index (κ1) is 20.6. The highest BCUT2D eigenvalue weighted by atomic mass is 16.6. The van der Waals surface area contributed by atoms with E-state index in [-0.39, 0.29) is 28.4 Å². The molecule has 0 spiro atoms. The highest BCUT2D eigenvalue weighted by Gasteiger charge is 2.59. The minimum atomic E-state index is -0.400. The zero-order valence-corrected chi connectivity index (χ0v) is 18.3. The molecule has 0 aromatic heterocycles. The first-order chi connectivity index (χ1) is 14.7. The highest BCUT2D eigenvalue weighted by molar-refractivity contribution is 6.06. The van der Waals surface area contributed by atoms with Crippen LogP contribution in [0.3, 0.4) is 0 Å². The van der Waals surface area contributed by atoms with Gasteiger partial charge in [-0.25, -0.2) is 0 Å². The predicted molar refractivity (Wildman–Crippen MR) is 119 cm³/mol. The van der Waals surface area contributed by atoms with Crippen molar-refractivity contribution in [2.45, 2.75) is 64.9 Å². The van der Waals surface area contributed by atoms with E-state index in [1.807, 2.05) is 6.08 Å². The highest BCUT2D eigenvalue weighted by Crippen LogP contribution is 2.64. The summed E-state index contributed by atoms with van der Waals surface area (Å²) in [6.07, 6.45) is 10.7. The van der Waals surface area contributed by atoms with Crippen molar-refractivity contribution >= 4 is 17.5 Å². The van der Waals surface area contributed by atoms with Gasteiger partial charge in [-0.15, -0.1) is 0 Å². The summed E-state index contributed by atoms with van der Waals surface area (Å²) in [7, 11) is 0. The number of fused-ring (bicyclic) bond motifs is 5. The minimum Gasteiger partial charge on any atom is -0.393 e. The Kier molecular flexibility index (Phi) is 4.74. The molecule has 0 radical (unpaired) electrons. The molecule has 1 aromatic carbocycles. The number of aliphatic hydroxyl groups is 1. The van der Waals surface area contributed by atoms with Crippen LogP contribution >= 0.6 is 0 Å². The van der Waals surface area contributed by atoms with Crippen molar-refractivity contribution in [1.82, 2.24) is 0 Å². The standard InChI is InChI=1S/C26H31NO4/c1-25-11-9-20(28)15-18(25)5-8-21-22(25)10-12-26(2)23(21)14-17(24(26)29)13-16-3-6-19(7-4-16)27(30)31/h3-7,13,20-23,28H,8-12,14-15H2,1-2H3/b17-13+/t20-,21-,22+,23-,25+,26-/m1/s1. The molecule has 0 aliphatic heterocycles. The Morgan fingerprint density at radius 3 is 2.48 bits per heavy atom. The molecule has 4 aliphatic rings. The molecule has 1 aromatic rings. The first-order valence-electron chi connectivity index (χ1n) is 11.6. The van der Waals surface area contributed by atoms with Crippen molar-refractivity contribution in [3.63, 3.8) is 0 Å². The number of carbonyl (C=O) groups excluding carboxylic acids is 1. The molecule has 0 bridgehead atoms. The molecule has 0 amide bonds. The van der Waals surface area contributed by atoms with Gasteiger partial charge in [-0.3, -0.25) is 14.9 Å². The maximum absolute atomic E-state index is 13.5. The van der Waals surface area contributed by atoms with Gasteiger partial charge < -0.3 is 5.11 Å². The van der Waals surface area contributed by atoms with E-state index in [9.17, 15) is 20.0 Å². The molecule has 3 fully saturated rings. The number of rotatable bonds is 2. The maximum Gasteiger partial charge on any atom is 0.269 e. The van der Waals surface area contributed by atoms with Gasteiger partial charge in [0.2, 0.25) is 0 Å². The predicted octanol–water partition coefficient (Wildman–Crippen LogP) is 5.48. The molecule has 0 saturated heterocycles. The van der Waals surface area contributed by atoms with Gasteiger partial charge in [0.15, 0.2) is 5.78 Å². The van der Waals surface area contributed by atoms with Crippen LogP contribution in [0.15, 0.2) is 41.5 Å². The molecule has 4 aliphatic carbocycles. The number of aliphatic hydroxyl groups excluding tert-OH is 1. The number of carbonyl (C=O) groups is 1. The molecule has 5 nitrogen and oxygen atoms in total. The average Bonchev–Trinajstić information content (AvgIpc) is 2.99. The number of benzene rings is 1. The molecule has 3 saturated carbocycles. The summed E-state index contributed by atoms with van der Waals surface area (Å²) in [4.78, 5) is 24.0. The van der Waals surface area contributed by atoms with Crippen LogP contribution in [0, 0.1) is 38.7 Å². The molecule has 31 heavy (non-hydrogen) atoms. The largest absolute Gasteiger partial charge is 0.393 e. The van der Waals surface area contributed by atoms with Crippen molar-refractivity contribution in [2.75, 3.05) is 0 Å². The lowest BCUT2D eigenvalue weighted by Crippen LogP contribution is -2.50. The Labute approximate surface area is 183 Å². The number of nitro groups is 1. The number of nitro benzene ring substituents is 1. The fourth-order valence-corrected chi connectivity index (χ4v) is 7.33. The quantitative estimate of drug-likeness (QED) is 0.297. The molecule has 1 N–H and O–H groups in total. The molecule has 5 heteroatoms. The smallest absolute Gasteiger partial charge is 0.269 e. The number of ketones is 1. The van der Waals surface area contributed by atoms with Gasteiger partial charge >= 0.3 is 0 Å². The summed E-state index contributed by atoms with van der Waals surface area (Å²) in [5.41, 5.74) is 3.11. The van der Waals surface area contributed by atoms with Crippen LogP contribution in [-0.2, 0) is 4.79 Å². The lowest BCUT2D eigenvalue weighted by molar-refractivity contribution is -0.384. The van der Waals surface area contributed by atoms with E-state index in [1.54, 1.807) is 12.1 Å². The van der Waals surface area contributed by atoms with E-state index in [0.29, 0.717) is 17.8 Å². The molecule has 0 unspecified atom stereocenters. The van der Waals surface area contributed by atoms with Crippen molar-refractivity contribution in [3.05, 3.63) is 57.2 Å². The van der Waals surface area contributed by atoms with Gasteiger partial charge in [0.1, 0.15) is 0 Å². The number of hydrogen-bond acceptors (Lipinski definition) is 4. The zero-order valence-electron chi connectivity index (χ0n) is 18.3. The van der Waals surface area contributed by atoms with Crippen LogP contribution in [0.5, 0.6) is 0 Å². The van der Waals surface area contributed by atoms with Gasteiger partial charge in [-0.1, -0.05) is 25.5 Å². The number of Topliss-reactive ketones (excluding diaryl/α,β-unsaturated/α-hetero) is 1. The van der Waals surface area contributed by atoms with E-state index in [0.717, 1.165) is 56.1 Å².